The second-order valence-corrected chi connectivity index (χ2v) is 7.03. The molecule has 2 aromatic heterocycles. The van der Waals surface area contributed by atoms with E-state index in [9.17, 15) is 4.79 Å². The van der Waals surface area contributed by atoms with Crippen LogP contribution in [0, 0.1) is 11.8 Å². The standard InChI is InChI=1S/C20H17N3O3S/c1-26-14-6-4-13(5-7-14)19-18-15(10-17(25)21-20(18)23-22-19)16-9-12(11-27-16)3-2-8-24/h4-7,9,11,15,24H,8,10H2,1H3,(H2,21,22,23,25). The maximum absolute atomic E-state index is 12.2. The predicted octanol–water partition coefficient (Wildman–Crippen LogP) is 2.96. The fourth-order valence-corrected chi connectivity index (χ4v) is 4.17. The van der Waals surface area contributed by atoms with Crippen LogP contribution in [0.5, 0.6) is 5.75 Å². The van der Waals surface area contributed by atoms with Crippen LogP contribution in [-0.2, 0) is 4.79 Å². The average Bonchev–Trinajstić information content (AvgIpc) is 3.33. The molecule has 0 spiro atoms. The van der Waals surface area contributed by atoms with Crippen molar-refractivity contribution >= 4 is 23.1 Å². The molecule has 0 radical (unpaired) electrons. The average molecular weight is 379 g/mol. The van der Waals surface area contributed by atoms with Crippen molar-refractivity contribution in [2.75, 3.05) is 19.0 Å². The SMILES string of the molecule is COc1ccc(-c2[nH]nc3c2C(c2cc(C#CCO)cs2)CC(=O)N3)cc1. The van der Waals surface area contributed by atoms with Crippen LogP contribution in [0.15, 0.2) is 35.7 Å². The molecule has 4 rings (SSSR count). The van der Waals surface area contributed by atoms with Crippen LogP contribution in [0.2, 0.25) is 0 Å². The Morgan fingerprint density at radius 2 is 2.19 bits per heavy atom. The number of rotatable bonds is 3. The molecule has 3 N–H and O–H groups in total. The van der Waals surface area contributed by atoms with Gasteiger partial charge in [-0.3, -0.25) is 9.89 Å². The summed E-state index contributed by atoms with van der Waals surface area (Å²) in [6.07, 6.45) is 0.350. The fourth-order valence-electron chi connectivity index (χ4n) is 3.22. The largest absolute Gasteiger partial charge is 0.497 e. The Labute approximate surface area is 160 Å². The second kappa shape index (κ2) is 7.27. The number of amides is 1. The summed E-state index contributed by atoms with van der Waals surface area (Å²) in [4.78, 5) is 13.2. The van der Waals surface area contributed by atoms with E-state index >= 15 is 0 Å². The van der Waals surface area contributed by atoms with E-state index in [-0.39, 0.29) is 18.4 Å². The van der Waals surface area contributed by atoms with Crippen LogP contribution >= 0.6 is 11.3 Å². The van der Waals surface area contributed by atoms with Gasteiger partial charge in [0.1, 0.15) is 12.4 Å². The molecule has 0 saturated heterocycles. The Hall–Kier alpha value is -3.08. The number of carbonyl (C=O) groups excluding carboxylic acids is 1. The van der Waals surface area contributed by atoms with Crippen LogP contribution < -0.4 is 10.1 Å². The lowest BCUT2D eigenvalue weighted by molar-refractivity contribution is -0.116. The number of hydrogen-bond acceptors (Lipinski definition) is 5. The number of anilines is 1. The highest BCUT2D eigenvalue weighted by atomic mass is 32.1. The molecule has 7 heteroatoms. The second-order valence-electron chi connectivity index (χ2n) is 6.09. The van der Waals surface area contributed by atoms with Gasteiger partial charge in [-0.05, 0) is 30.3 Å². The summed E-state index contributed by atoms with van der Waals surface area (Å²) in [5.74, 6) is 6.76. The lowest BCUT2D eigenvalue weighted by Crippen LogP contribution is -2.22. The monoisotopic (exact) mass is 379 g/mol. The van der Waals surface area contributed by atoms with Gasteiger partial charge in [-0.1, -0.05) is 11.8 Å². The summed E-state index contributed by atoms with van der Waals surface area (Å²) in [6.45, 7) is -0.176. The number of aliphatic hydroxyl groups is 1. The summed E-state index contributed by atoms with van der Waals surface area (Å²) in [7, 11) is 1.63. The minimum absolute atomic E-state index is 0.0586. The number of H-pyrrole nitrogens is 1. The number of hydrogen-bond donors (Lipinski definition) is 3. The van der Waals surface area contributed by atoms with Gasteiger partial charge in [0, 0.05) is 39.3 Å². The molecule has 0 saturated carbocycles. The molecule has 3 heterocycles. The van der Waals surface area contributed by atoms with E-state index in [1.54, 1.807) is 18.4 Å². The highest BCUT2D eigenvalue weighted by Crippen LogP contribution is 2.43. The molecule has 6 nitrogen and oxygen atoms in total. The Bertz CT molecular complexity index is 1040. The normalized spacial score (nSPS) is 15.5. The van der Waals surface area contributed by atoms with E-state index in [0.29, 0.717) is 12.2 Å². The summed E-state index contributed by atoms with van der Waals surface area (Å²) in [5, 5.41) is 21.1. The first-order valence-electron chi connectivity index (χ1n) is 8.40. The van der Waals surface area contributed by atoms with Crippen LogP contribution in [0.1, 0.15) is 28.3 Å². The molecule has 1 atom stereocenters. The zero-order chi connectivity index (χ0) is 18.8. The number of methoxy groups -OCH3 is 1. The minimum atomic E-state index is -0.176. The van der Waals surface area contributed by atoms with Gasteiger partial charge in [-0.2, -0.15) is 5.10 Å². The van der Waals surface area contributed by atoms with Gasteiger partial charge in [-0.15, -0.1) is 11.3 Å². The summed E-state index contributed by atoms with van der Waals surface area (Å²) >= 11 is 1.56. The van der Waals surface area contributed by atoms with E-state index in [1.807, 2.05) is 35.7 Å². The maximum Gasteiger partial charge on any atom is 0.226 e. The van der Waals surface area contributed by atoms with Gasteiger partial charge in [0.15, 0.2) is 5.82 Å². The zero-order valence-corrected chi connectivity index (χ0v) is 15.4. The van der Waals surface area contributed by atoms with Crippen molar-refractivity contribution in [1.29, 1.82) is 0 Å². The van der Waals surface area contributed by atoms with Crippen LogP contribution in [-0.4, -0.2) is 34.9 Å². The van der Waals surface area contributed by atoms with Crippen molar-refractivity contribution in [3.05, 3.63) is 51.7 Å². The Kier molecular flexibility index (Phi) is 4.67. The van der Waals surface area contributed by atoms with Crippen molar-refractivity contribution in [2.24, 2.45) is 0 Å². The van der Waals surface area contributed by atoms with Gasteiger partial charge in [-0.25, -0.2) is 0 Å². The van der Waals surface area contributed by atoms with Gasteiger partial charge >= 0.3 is 0 Å². The Morgan fingerprint density at radius 3 is 2.93 bits per heavy atom. The molecule has 1 aromatic carbocycles. The van der Waals surface area contributed by atoms with E-state index < -0.39 is 0 Å². The molecule has 3 aromatic rings. The summed E-state index contributed by atoms with van der Waals surface area (Å²) in [5.41, 5.74) is 3.67. The molecule has 1 aliphatic heterocycles. The third-order valence-corrected chi connectivity index (χ3v) is 5.50. The topological polar surface area (TPSA) is 87.2 Å². The quantitative estimate of drug-likeness (QED) is 0.611. The Morgan fingerprint density at radius 1 is 1.37 bits per heavy atom. The van der Waals surface area contributed by atoms with E-state index in [4.69, 9.17) is 9.84 Å². The first kappa shape index (κ1) is 17.3. The number of aromatic nitrogens is 2. The number of aliphatic hydroxyl groups excluding tert-OH is 1. The third kappa shape index (κ3) is 3.33. The number of nitrogens with zero attached hydrogens (tertiary/aromatic N) is 1. The molecule has 0 fully saturated rings. The fraction of sp³-hybridized carbons (Fsp3) is 0.200. The van der Waals surface area contributed by atoms with Crippen molar-refractivity contribution in [2.45, 2.75) is 12.3 Å². The smallest absolute Gasteiger partial charge is 0.226 e. The number of fused-ring (bicyclic) bond motifs is 1. The number of thiophene rings is 1. The van der Waals surface area contributed by atoms with E-state index in [0.717, 1.165) is 33.0 Å². The van der Waals surface area contributed by atoms with Crippen LogP contribution in [0.3, 0.4) is 0 Å². The predicted molar refractivity (Wildman–Crippen MR) is 104 cm³/mol. The van der Waals surface area contributed by atoms with Gasteiger partial charge in [0.05, 0.1) is 12.8 Å². The maximum atomic E-state index is 12.2. The third-order valence-electron chi connectivity index (χ3n) is 4.45. The number of benzene rings is 1. The number of ether oxygens (including phenoxy) is 1. The van der Waals surface area contributed by atoms with Gasteiger partial charge in [0.2, 0.25) is 5.91 Å². The molecule has 1 aliphatic rings. The highest BCUT2D eigenvalue weighted by Gasteiger charge is 2.32. The van der Waals surface area contributed by atoms with Crippen molar-refractivity contribution < 1.29 is 14.6 Å². The molecule has 27 heavy (non-hydrogen) atoms. The molecule has 0 bridgehead atoms. The lowest BCUT2D eigenvalue weighted by Gasteiger charge is -2.22. The van der Waals surface area contributed by atoms with Crippen molar-refractivity contribution in [1.82, 2.24) is 10.2 Å². The number of carbonyl (C=O) groups is 1. The molecular weight excluding hydrogens is 362 g/mol. The summed E-state index contributed by atoms with van der Waals surface area (Å²) < 4.78 is 5.23. The first-order valence-corrected chi connectivity index (χ1v) is 9.28. The number of aromatic amines is 1. The van der Waals surface area contributed by atoms with E-state index in [1.165, 1.54) is 0 Å². The van der Waals surface area contributed by atoms with Crippen LogP contribution in [0.25, 0.3) is 11.3 Å². The van der Waals surface area contributed by atoms with Crippen LogP contribution in [0.4, 0.5) is 5.82 Å². The van der Waals surface area contributed by atoms with Gasteiger partial charge < -0.3 is 15.2 Å². The summed E-state index contributed by atoms with van der Waals surface area (Å²) in [6, 6.07) is 9.70. The molecule has 0 aliphatic carbocycles. The number of nitrogens with one attached hydrogen (secondary N) is 2. The van der Waals surface area contributed by atoms with Crippen molar-refractivity contribution in [3.63, 3.8) is 0 Å². The molecular formula is C20H17N3O3S. The molecule has 1 amide bonds. The lowest BCUT2D eigenvalue weighted by atomic mass is 9.88. The van der Waals surface area contributed by atoms with Gasteiger partial charge in [0.25, 0.3) is 0 Å². The molecule has 136 valence electrons. The zero-order valence-electron chi connectivity index (χ0n) is 14.6. The first-order chi connectivity index (χ1) is 13.2. The highest BCUT2D eigenvalue weighted by molar-refractivity contribution is 7.10. The van der Waals surface area contributed by atoms with Crippen molar-refractivity contribution in [3.8, 4) is 28.8 Å². The minimum Gasteiger partial charge on any atom is -0.497 e. The molecule has 1 unspecified atom stereocenters. The Balaban J connectivity index is 1.77. The van der Waals surface area contributed by atoms with E-state index in [2.05, 4.69) is 27.4 Å².